The van der Waals surface area contributed by atoms with Crippen molar-refractivity contribution in [3.05, 3.63) is 0 Å². The monoisotopic (exact) mass is 449 g/mol. The first-order valence-electron chi connectivity index (χ1n) is 7.26. The van der Waals surface area contributed by atoms with Crippen LogP contribution in [0.1, 0.15) is 12.8 Å². The highest BCUT2D eigenvalue weighted by molar-refractivity contribution is 14.0. The van der Waals surface area contributed by atoms with E-state index in [0.717, 1.165) is 45.5 Å². The highest BCUT2D eigenvalue weighted by Crippen LogP contribution is 1.97. The number of nitrogens with zero attached hydrogens (tertiary/aromatic N) is 2. The zero-order valence-electron chi connectivity index (χ0n) is 13.1. The van der Waals surface area contributed by atoms with Gasteiger partial charge in [-0.3, -0.25) is 9.89 Å². The van der Waals surface area contributed by atoms with Gasteiger partial charge in [-0.15, -0.1) is 24.0 Å². The second kappa shape index (κ2) is 12.3. The Kier molecular flexibility index (Phi) is 12.2. The lowest BCUT2D eigenvalue weighted by molar-refractivity contribution is 0.0377. The van der Waals surface area contributed by atoms with Crippen molar-refractivity contribution < 1.29 is 13.2 Å². The Morgan fingerprint density at radius 3 is 2.59 bits per heavy atom. The van der Waals surface area contributed by atoms with Gasteiger partial charge in [0.05, 0.1) is 19.5 Å². The topological polar surface area (TPSA) is 109 Å². The SMILES string of the molecule is CS(=O)(=O)NCCCNC(N)=NCCCN1CCOCC1.I. The summed E-state index contributed by atoms with van der Waals surface area (Å²) in [6.07, 6.45) is 2.78. The minimum atomic E-state index is -3.11. The average Bonchev–Trinajstić information content (AvgIpc) is 2.43. The van der Waals surface area contributed by atoms with Crippen LogP contribution in [0.4, 0.5) is 0 Å². The molecule has 0 aromatic carbocycles. The maximum atomic E-state index is 10.8. The number of morpholine rings is 1. The Hall–Kier alpha value is -0.170. The molecule has 0 aromatic rings. The molecule has 0 atom stereocenters. The van der Waals surface area contributed by atoms with Crippen molar-refractivity contribution in [2.24, 2.45) is 10.7 Å². The van der Waals surface area contributed by atoms with E-state index in [1.54, 1.807) is 0 Å². The molecule has 8 nitrogen and oxygen atoms in total. The Labute approximate surface area is 150 Å². The molecule has 0 amide bonds. The number of sulfonamides is 1. The molecule has 4 N–H and O–H groups in total. The van der Waals surface area contributed by atoms with E-state index >= 15 is 0 Å². The lowest BCUT2D eigenvalue weighted by Crippen LogP contribution is -2.37. The Balaban J connectivity index is 0.00000441. The number of hydrogen-bond donors (Lipinski definition) is 3. The molecule has 0 aliphatic carbocycles. The summed E-state index contributed by atoms with van der Waals surface area (Å²) < 4.78 is 29.4. The predicted molar refractivity (Wildman–Crippen MR) is 99.2 cm³/mol. The third-order valence-electron chi connectivity index (χ3n) is 3.04. The van der Waals surface area contributed by atoms with Gasteiger partial charge < -0.3 is 15.8 Å². The first kappa shape index (κ1) is 21.8. The van der Waals surface area contributed by atoms with Gasteiger partial charge in [-0.25, -0.2) is 13.1 Å². The van der Waals surface area contributed by atoms with Crippen LogP contribution in [0.5, 0.6) is 0 Å². The van der Waals surface area contributed by atoms with Crippen molar-refractivity contribution >= 4 is 40.0 Å². The molecular formula is C12H28IN5O3S. The van der Waals surface area contributed by atoms with Crippen molar-refractivity contribution in [1.29, 1.82) is 0 Å². The molecular weight excluding hydrogens is 421 g/mol. The van der Waals surface area contributed by atoms with Gasteiger partial charge in [-0.1, -0.05) is 0 Å². The fourth-order valence-corrected chi connectivity index (χ4v) is 2.45. The smallest absolute Gasteiger partial charge is 0.208 e. The number of hydrogen-bond acceptors (Lipinski definition) is 5. The fraction of sp³-hybridized carbons (Fsp3) is 0.917. The molecule has 1 aliphatic rings. The lowest BCUT2D eigenvalue weighted by Gasteiger charge is -2.26. The average molecular weight is 449 g/mol. The summed E-state index contributed by atoms with van der Waals surface area (Å²) in [6.45, 7) is 6.31. The Morgan fingerprint density at radius 1 is 1.27 bits per heavy atom. The van der Waals surface area contributed by atoms with Crippen LogP contribution in [0.2, 0.25) is 0 Å². The third-order valence-corrected chi connectivity index (χ3v) is 3.77. The highest BCUT2D eigenvalue weighted by Gasteiger charge is 2.08. The summed E-state index contributed by atoms with van der Waals surface area (Å²) in [7, 11) is -3.11. The standard InChI is InChI=1S/C12H27N5O3S.HI/c1-21(18,19)16-6-2-4-14-12(13)15-5-3-7-17-8-10-20-11-9-17;/h16H,2-11H2,1H3,(H3,13,14,15);1H. The molecule has 1 fully saturated rings. The molecule has 1 saturated heterocycles. The molecule has 1 rings (SSSR count). The Bertz CT molecular complexity index is 413. The number of halogens is 1. The van der Waals surface area contributed by atoms with E-state index in [-0.39, 0.29) is 24.0 Å². The summed E-state index contributed by atoms with van der Waals surface area (Å²) in [5.74, 6) is 0.413. The van der Waals surface area contributed by atoms with Crippen LogP contribution in [0.25, 0.3) is 0 Å². The van der Waals surface area contributed by atoms with Crippen LogP contribution in [0, 0.1) is 0 Å². The minimum Gasteiger partial charge on any atom is -0.379 e. The second-order valence-electron chi connectivity index (χ2n) is 5.02. The molecule has 132 valence electrons. The van der Waals surface area contributed by atoms with Crippen molar-refractivity contribution in [3.63, 3.8) is 0 Å². The van der Waals surface area contributed by atoms with E-state index < -0.39 is 10.0 Å². The molecule has 22 heavy (non-hydrogen) atoms. The molecule has 0 bridgehead atoms. The van der Waals surface area contributed by atoms with E-state index in [4.69, 9.17) is 10.5 Å². The van der Waals surface area contributed by atoms with Crippen molar-refractivity contribution in [1.82, 2.24) is 14.9 Å². The number of guanidine groups is 1. The van der Waals surface area contributed by atoms with Crippen LogP contribution in [0.3, 0.4) is 0 Å². The molecule has 0 saturated carbocycles. The van der Waals surface area contributed by atoms with E-state index in [1.165, 1.54) is 0 Å². The van der Waals surface area contributed by atoms with Gasteiger partial charge >= 0.3 is 0 Å². The molecule has 0 aromatic heterocycles. The molecule has 0 radical (unpaired) electrons. The van der Waals surface area contributed by atoms with Crippen LogP contribution in [0.15, 0.2) is 4.99 Å². The zero-order valence-corrected chi connectivity index (χ0v) is 16.2. The number of rotatable bonds is 9. The van der Waals surface area contributed by atoms with E-state index in [1.807, 2.05) is 0 Å². The molecule has 0 unspecified atom stereocenters. The third kappa shape index (κ3) is 12.4. The largest absolute Gasteiger partial charge is 0.379 e. The first-order chi connectivity index (χ1) is 9.97. The summed E-state index contributed by atoms with van der Waals surface area (Å²) in [5, 5.41) is 2.97. The number of nitrogens with one attached hydrogen (secondary N) is 2. The second-order valence-corrected chi connectivity index (χ2v) is 6.85. The lowest BCUT2D eigenvalue weighted by atomic mass is 10.3. The van der Waals surface area contributed by atoms with Crippen LogP contribution in [-0.2, 0) is 14.8 Å². The summed E-state index contributed by atoms with van der Waals surface area (Å²) in [6, 6.07) is 0. The van der Waals surface area contributed by atoms with Crippen molar-refractivity contribution in [2.45, 2.75) is 12.8 Å². The number of ether oxygens (including phenoxy) is 1. The number of aliphatic imine (C=N–C) groups is 1. The van der Waals surface area contributed by atoms with Crippen LogP contribution >= 0.6 is 24.0 Å². The van der Waals surface area contributed by atoms with Gasteiger partial charge in [0.1, 0.15) is 0 Å². The highest BCUT2D eigenvalue weighted by atomic mass is 127. The van der Waals surface area contributed by atoms with Gasteiger partial charge in [0.15, 0.2) is 5.96 Å². The number of nitrogens with two attached hydrogens (primary N) is 1. The van der Waals surface area contributed by atoms with Crippen molar-refractivity contribution in [3.8, 4) is 0 Å². The maximum Gasteiger partial charge on any atom is 0.208 e. The van der Waals surface area contributed by atoms with E-state index in [2.05, 4.69) is 19.9 Å². The maximum absolute atomic E-state index is 10.8. The van der Waals surface area contributed by atoms with Gasteiger partial charge in [0, 0.05) is 39.3 Å². The Morgan fingerprint density at radius 2 is 1.95 bits per heavy atom. The van der Waals surface area contributed by atoms with Crippen LogP contribution < -0.4 is 15.8 Å². The fourth-order valence-electron chi connectivity index (χ4n) is 1.94. The van der Waals surface area contributed by atoms with Gasteiger partial charge in [0.2, 0.25) is 10.0 Å². The van der Waals surface area contributed by atoms with Gasteiger partial charge in [-0.2, -0.15) is 0 Å². The van der Waals surface area contributed by atoms with Crippen molar-refractivity contribution in [2.75, 3.05) is 58.7 Å². The van der Waals surface area contributed by atoms with Gasteiger partial charge in [0.25, 0.3) is 0 Å². The predicted octanol–water partition coefficient (Wildman–Crippen LogP) is -0.830. The first-order valence-corrected chi connectivity index (χ1v) is 9.15. The van der Waals surface area contributed by atoms with E-state index in [0.29, 0.717) is 32.0 Å². The summed E-state index contributed by atoms with van der Waals surface area (Å²) in [5.41, 5.74) is 5.73. The molecule has 1 aliphatic heterocycles. The summed E-state index contributed by atoms with van der Waals surface area (Å²) in [4.78, 5) is 6.60. The molecule has 10 heteroatoms. The van der Waals surface area contributed by atoms with Crippen LogP contribution in [-0.4, -0.2) is 78.0 Å². The molecule has 1 heterocycles. The minimum absolute atomic E-state index is 0. The quantitative estimate of drug-likeness (QED) is 0.184. The van der Waals surface area contributed by atoms with E-state index in [9.17, 15) is 8.42 Å². The zero-order chi connectivity index (χ0) is 15.6. The normalized spacial score (nSPS) is 17.0. The molecule has 0 spiro atoms. The van der Waals surface area contributed by atoms with Gasteiger partial charge in [-0.05, 0) is 12.8 Å². The summed E-state index contributed by atoms with van der Waals surface area (Å²) >= 11 is 0.